The topological polar surface area (TPSA) is 63.4 Å². The van der Waals surface area contributed by atoms with Gasteiger partial charge in [-0.05, 0) is 47.2 Å². The third-order valence-corrected chi connectivity index (χ3v) is 5.98. The minimum atomic E-state index is -0.169. The molecule has 4 aromatic rings. The molecule has 4 heterocycles. The van der Waals surface area contributed by atoms with Crippen molar-refractivity contribution in [3.8, 4) is 11.1 Å². The fourth-order valence-electron chi connectivity index (χ4n) is 4.38. The SMILES string of the molecule is Cc1cc2nccc(=O)n2nc1N1CCc2ncc(-c3ccccc3C(C)C)cc2C1. The van der Waals surface area contributed by atoms with Gasteiger partial charge in [-0.15, -0.1) is 5.10 Å². The summed E-state index contributed by atoms with van der Waals surface area (Å²) in [4.78, 5) is 23.5. The molecule has 0 N–H and O–H groups in total. The third kappa shape index (κ3) is 3.48. The third-order valence-electron chi connectivity index (χ3n) is 5.98. The number of hydrogen-bond acceptors (Lipinski definition) is 5. The van der Waals surface area contributed by atoms with Gasteiger partial charge in [0, 0.05) is 49.2 Å². The Balaban J connectivity index is 1.54. The first-order chi connectivity index (χ1) is 15.0. The van der Waals surface area contributed by atoms with Crippen LogP contribution in [0.4, 0.5) is 5.82 Å². The molecule has 0 aliphatic carbocycles. The first-order valence-electron chi connectivity index (χ1n) is 10.7. The number of fused-ring (bicyclic) bond motifs is 2. The Bertz CT molecular complexity index is 1340. The Morgan fingerprint density at radius 2 is 1.90 bits per heavy atom. The lowest BCUT2D eigenvalue weighted by Crippen LogP contribution is -2.33. The van der Waals surface area contributed by atoms with Gasteiger partial charge in [0.2, 0.25) is 0 Å². The number of aromatic nitrogens is 4. The predicted molar refractivity (Wildman–Crippen MR) is 123 cm³/mol. The largest absolute Gasteiger partial charge is 0.350 e. The van der Waals surface area contributed by atoms with Gasteiger partial charge in [-0.25, -0.2) is 4.98 Å². The fraction of sp³-hybridized carbons (Fsp3) is 0.280. The first kappa shape index (κ1) is 19.4. The zero-order valence-electron chi connectivity index (χ0n) is 18.0. The standard InChI is InChI=1S/C25H25N5O/c1-16(2)20-6-4-5-7-21(20)18-13-19-15-29(11-9-22(19)27-14-18)25-17(3)12-23-26-10-8-24(31)30(23)28-25/h4-8,10,12-14,16H,9,11,15H2,1-3H3. The van der Waals surface area contributed by atoms with Crippen molar-refractivity contribution in [2.24, 2.45) is 0 Å². The summed E-state index contributed by atoms with van der Waals surface area (Å²) in [5.41, 5.74) is 7.47. The number of aryl methyl sites for hydroxylation is 1. The average molecular weight is 412 g/mol. The number of rotatable bonds is 3. The van der Waals surface area contributed by atoms with Crippen molar-refractivity contribution in [1.82, 2.24) is 19.6 Å². The van der Waals surface area contributed by atoms with Crippen LogP contribution in [-0.4, -0.2) is 26.1 Å². The van der Waals surface area contributed by atoms with Gasteiger partial charge in [0.15, 0.2) is 11.5 Å². The van der Waals surface area contributed by atoms with Crippen molar-refractivity contribution in [1.29, 1.82) is 0 Å². The van der Waals surface area contributed by atoms with Crippen LogP contribution in [0.15, 0.2) is 59.7 Å². The number of nitrogens with zero attached hydrogens (tertiary/aromatic N) is 5. The van der Waals surface area contributed by atoms with E-state index in [2.05, 4.69) is 59.2 Å². The van der Waals surface area contributed by atoms with E-state index in [9.17, 15) is 4.79 Å². The molecule has 0 spiro atoms. The maximum atomic E-state index is 12.2. The quantitative estimate of drug-likeness (QED) is 0.507. The maximum Gasteiger partial charge on any atom is 0.274 e. The van der Waals surface area contributed by atoms with Gasteiger partial charge in [-0.3, -0.25) is 9.78 Å². The van der Waals surface area contributed by atoms with Crippen LogP contribution in [0.1, 0.15) is 42.1 Å². The van der Waals surface area contributed by atoms with E-state index in [-0.39, 0.29) is 5.56 Å². The Morgan fingerprint density at radius 1 is 1.06 bits per heavy atom. The van der Waals surface area contributed by atoms with Crippen LogP contribution in [0.25, 0.3) is 16.8 Å². The van der Waals surface area contributed by atoms with Crippen molar-refractivity contribution in [2.45, 2.75) is 39.7 Å². The Morgan fingerprint density at radius 3 is 2.74 bits per heavy atom. The summed E-state index contributed by atoms with van der Waals surface area (Å²) in [6.45, 7) is 7.99. The Labute approximate surface area is 181 Å². The number of benzene rings is 1. The molecule has 31 heavy (non-hydrogen) atoms. The highest BCUT2D eigenvalue weighted by molar-refractivity contribution is 5.68. The van der Waals surface area contributed by atoms with Crippen molar-refractivity contribution < 1.29 is 0 Å². The van der Waals surface area contributed by atoms with Crippen LogP contribution in [-0.2, 0) is 13.0 Å². The molecule has 5 rings (SSSR count). The lowest BCUT2D eigenvalue weighted by molar-refractivity contribution is 0.685. The minimum absolute atomic E-state index is 0.169. The summed E-state index contributed by atoms with van der Waals surface area (Å²) in [6.07, 6.45) is 4.38. The molecule has 6 heteroatoms. The number of anilines is 1. The summed E-state index contributed by atoms with van der Waals surface area (Å²) < 4.78 is 1.38. The van der Waals surface area contributed by atoms with Crippen molar-refractivity contribution in [3.63, 3.8) is 0 Å². The normalized spacial score (nSPS) is 13.6. The molecule has 3 aromatic heterocycles. The molecule has 0 fully saturated rings. The molecular weight excluding hydrogens is 386 g/mol. The van der Waals surface area contributed by atoms with Crippen molar-refractivity contribution in [2.75, 3.05) is 11.4 Å². The highest BCUT2D eigenvalue weighted by atomic mass is 16.1. The van der Waals surface area contributed by atoms with E-state index in [1.807, 2.05) is 19.2 Å². The molecule has 0 amide bonds. The molecule has 0 unspecified atom stereocenters. The molecule has 6 nitrogen and oxygen atoms in total. The highest BCUT2D eigenvalue weighted by Crippen LogP contribution is 2.32. The van der Waals surface area contributed by atoms with E-state index >= 15 is 0 Å². The maximum absolute atomic E-state index is 12.2. The van der Waals surface area contributed by atoms with E-state index in [4.69, 9.17) is 4.98 Å². The number of hydrogen-bond donors (Lipinski definition) is 0. The van der Waals surface area contributed by atoms with Crippen LogP contribution in [0.2, 0.25) is 0 Å². The molecule has 0 bridgehead atoms. The molecule has 1 aromatic carbocycles. The van der Waals surface area contributed by atoms with Crippen LogP contribution in [0.5, 0.6) is 0 Å². The Kier molecular flexibility index (Phi) is 4.77. The molecule has 0 saturated carbocycles. The second-order valence-corrected chi connectivity index (χ2v) is 8.45. The van der Waals surface area contributed by atoms with Crippen molar-refractivity contribution >= 4 is 11.5 Å². The lowest BCUT2D eigenvalue weighted by atomic mass is 9.92. The molecule has 156 valence electrons. The van der Waals surface area contributed by atoms with E-state index < -0.39 is 0 Å². The van der Waals surface area contributed by atoms with E-state index in [0.29, 0.717) is 18.1 Å². The van der Waals surface area contributed by atoms with Gasteiger partial charge in [0.1, 0.15) is 0 Å². The van der Waals surface area contributed by atoms with Gasteiger partial charge in [0.05, 0.1) is 0 Å². The molecule has 0 saturated heterocycles. The molecular formula is C25H25N5O. The van der Waals surface area contributed by atoms with Crippen molar-refractivity contribution in [3.05, 3.63) is 87.6 Å². The smallest absolute Gasteiger partial charge is 0.274 e. The van der Waals surface area contributed by atoms with Crippen LogP contribution in [0.3, 0.4) is 0 Å². The van der Waals surface area contributed by atoms with Gasteiger partial charge in [-0.2, -0.15) is 4.52 Å². The van der Waals surface area contributed by atoms with Crippen LogP contribution < -0.4 is 10.5 Å². The van der Waals surface area contributed by atoms with E-state index in [1.54, 1.807) is 0 Å². The first-order valence-corrected chi connectivity index (χ1v) is 10.7. The second kappa shape index (κ2) is 7.61. The molecule has 1 aliphatic rings. The average Bonchev–Trinajstić information content (AvgIpc) is 2.78. The molecule has 0 atom stereocenters. The van der Waals surface area contributed by atoms with Gasteiger partial charge in [-0.1, -0.05) is 38.1 Å². The summed E-state index contributed by atoms with van der Waals surface area (Å²) in [5, 5.41) is 4.64. The summed E-state index contributed by atoms with van der Waals surface area (Å²) in [7, 11) is 0. The zero-order valence-corrected chi connectivity index (χ0v) is 18.0. The minimum Gasteiger partial charge on any atom is -0.350 e. The van der Waals surface area contributed by atoms with E-state index in [1.165, 1.54) is 33.5 Å². The summed E-state index contributed by atoms with van der Waals surface area (Å²) in [6, 6.07) is 14.2. The van der Waals surface area contributed by atoms with E-state index in [0.717, 1.165) is 35.6 Å². The highest BCUT2D eigenvalue weighted by Gasteiger charge is 2.22. The van der Waals surface area contributed by atoms with Gasteiger partial charge >= 0.3 is 0 Å². The summed E-state index contributed by atoms with van der Waals surface area (Å²) in [5.74, 6) is 1.27. The van der Waals surface area contributed by atoms with Gasteiger partial charge < -0.3 is 4.90 Å². The molecule has 0 radical (unpaired) electrons. The van der Waals surface area contributed by atoms with Gasteiger partial charge in [0.25, 0.3) is 5.56 Å². The lowest BCUT2D eigenvalue weighted by Gasteiger charge is -2.30. The van der Waals surface area contributed by atoms with Crippen LogP contribution in [0, 0.1) is 6.92 Å². The molecule has 1 aliphatic heterocycles. The second-order valence-electron chi connectivity index (χ2n) is 8.45. The Hall–Kier alpha value is -3.54. The summed E-state index contributed by atoms with van der Waals surface area (Å²) >= 11 is 0. The fourth-order valence-corrected chi connectivity index (χ4v) is 4.38. The van der Waals surface area contributed by atoms with Crippen LogP contribution >= 0.6 is 0 Å². The number of pyridine rings is 1. The predicted octanol–water partition coefficient (Wildman–Crippen LogP) is 4.15. The monoisotopic (exact) mass is 411 g/mol. The zero-order chi connectivity index (χ0) is 21.5.